The summed E-state index contributed by atoms with van der Waals surface area (Å²) < 4.78 is 0. The summed E-state index contributed by atoms with van der Waals surface area (Å²) in [6.45, 7) is 6.84. The minimum absolute atomic E-state index is 0.0555. The van der Waals surface area contributed by atoms with E-state index in [1.54, 1.807) is 39.3 Å². The maximum absolute atomic E-state index is 13.5. The fourth-order valence-corrected chi connectivity index (χ4v) is 4.88. The molecule has 3 aromatic rings. The number of carbonyl (C=O) groups excluding carboxylic acids is 2. The van der Waals surface area contributed by atoms with Crippen molar-refractivity contribution >= 4 is 52.2 Å². The molecule has 0 saturated carbocycles. The Kier molecular flexibility index (Phi) is 9.39. The van der Waals surface area contributed by atoms with Crippen LogP contribution in [0, 0.1) is 6.92 Å². The molecule has 1 heterocycles. The molecule has 1 unspecified atom stereocenters. The third kappa shape index (κ3) is 6.98. The molecule has 0 saturated heterocycles. The number of hydrogen-bond donors (Lipinski definition) is 1. The first-order valence-electron chi connectivity index (χ1n) is 11.2. The van der Waals surface area contributed by atoms with Crippen LogP contribution in [0.2, 0.25) is 10.0 Å². The maximum Gasteiger partial charge on any atom is 0.322 e. The summed E-state index contributed by atoms with van der Waals surface area (Å²) >= 11 is 14.1. The molecular formula is C26H29Cl2N3O2S. The first kappa shape index (κ1) is 26.1. The number of nitrogens with one attached hydrogen (secondary N) is 1. The van der Waals surface area contributed by atoms with Gasteiger partial charge >= 0.3 is 6.03 Å². The highest BCUT2D eigenvalue weighted by Crippen LogP contribution is 2.30. The van der Waals surface area contributed by atoms with Gasteiger partial charge in [0.25, 0.3) is 0 Å². The Morgan fingerprint density at radius 2 is 1.65 bits per heavy atom. The Balaban J connectivity index is 1.81. The molecule has 0 aliphatic heterocycles. The lowest BCUT2D eigenvalue weighted by Crippen LogP contribution is -2.47. The molecule has 0 aliphatic rings. The second-order valence-electron chi connectivity index (χ2n) is 8.16. The van der Waals surface area contributed by atoms with Crippen LogP contribution >= 0.6 is 34.5 Å². The number of hydrogen-bond acceptors (Lipinski definition) is 3. The van der Waals surface area contributed by atoms with Crippen molar-refractivity contribution in [1.29, 1.82) is 0 Å². The molecule has 8 heteroatoms. The molecule has 0 fully saturated rings. The fourth-order valence-electron chi connectivity index (χ4n) is 3.48. The van der Waals surface area contributed by atoms with Gasteiger partial charge in [0.1, 0.15) is 6.54 Å². The van der Waals surface area contributed by atoms with E-state index in [-0.39, 0.29) is 18.5 Å². The quantitative estimate of drug-likeness (QED) is 0.325. The zero-order chi connectivity index (χ0) is 24.7. The number of urea groups is 1. The van der Waals surface area contributed by atoms with Crippen LogP contribution in [-0.4, -0.2) is 34.3 Å². The molecule has 0 aliphatic carbocycles. The standard InChI is InChI=1S/C26H29Cl2N3O2S/c1-4-18(2)31(26(33)29-25-22(27)11-8-12-23(25)28)17-24(32)30(15-20-9-6-5-7-10-20)16-21-14-13-19(3)34-21/h5-14,18H,4,15-17H2,1-3H3,(H,29,33). The first-order valence-corrected chi connectivity index (χ1v) is 12.7. The smallest absolute Gasteiger partial charge is 0.322 e. The second kappa shape index (κ2) is 12.2. The SMILES string of the molecule is CCC(C)N(CC(=O)N(Cc1ccccc1)Cc1ccc(C)s1)C(=O)Nc1c(Cl)cccc1Cl. The normalized spacial score (nSPS) is 11.7. The van der Waals surface area contributed by atoms with Crippen LogP contribution < -0.4 is 5.32 Å². The zero-order valence-corrected chi connectivity index (χ0v) is 21.9. The summed E-state index contributed by atoms with van der Waals surface area (Å²) in [6, 6.07) is 18.4. The van der Waals surface area contributed by atoms with E-state index in [0.717, 1.165) is 10.4 Å². The summed E-state index contributed by atoms with van der Waals surface area (Å²) in [6.07, 6.45) is 0.694. The Bertz CT molecular complexity index is 1100. The Hall–Kier alpha value is -2.54. The van der Waals surface area contributed by atoms with Crippen LogP contribution in [0.4, 0.5) is 10.5 Å². The second-order valence-corrected chi connectivity index (χ2v) is 10.3. The summed E-state index contributed by atoms with van der Waals surface area (Å²) in [7, 11) is 0. The predicted octanol–water partition coefficient (Wildman–Crippen LogP) is 7.22. The summed E-state index contributed by atoms with van der Waals surface area (Å²) in [5.41, 5.74) is 1.37. The summed E-state index contributed by atoms with van der Waals surface area (Å²) in [5.74, 6) is -0.129. The van der Waals surface area contributed by atoms with Gasteiger partial charge in [-0.3, -0.25) is 4.79 Å². The molecule has 180 valence electrons. The first-order chi connectivity index (χ1) is 16.3. The Morgan fingerprint density at radius 3 is 2.24 bits per heavy atom. The van der Waals surface area contributed by atoms with Gasteiger partial charge in [0.15, 0.2) is 0 Å². The van der Waals surface area contributed by atoms with Gasteiger partial charge in [0.05, 0.1) is 22.3 Å². The van der Waals surface area contributed by atoms with Crippen LogP contribution in [0.15, 0.2) is 60.7 Å². The predicted molar refractivity (Wildman–Crippen MR) is 142 cm³/mol. The zero-order valence-electron chi connectivity index (χ0n) is 19.6. The van der Waals surface area contributed by atoms with Crippen molar-refractivity contribution in [2.45, 2.75) is 46.3 Å². The van der Waals surface area contributed by atoms with E-state index in [2.05, 4.69) is 11.4 Å². The van der Waals surface area contributed by atoms with E-state index in [1.165, 1.54) is 4.88 Å². The highest BCUT2D eigenvalue weighted by atomic mass is 35.5. The van der Waals surface area contributed by atoms with Gasteiger partial charge in [-0.2, -0.15) is 0 Å². The minimum Gasteiger partial charge on any atom is -0.332 e. The van der Waals surface area contributed by atoms with Crippen LogP contribution in [-0.2, 0) is 17.9 Å². The number of thiophene rings is 1. The van der Waals surface area contributed by atoms with Gasteiger partial charge in [0.2, 0.25) is 5.91 Å². The molecule has 3 rings (SSSR count). The molecule has 3 amide bonds. The van der Waals surface area contributed by atoms with Crippen LogP contribution in [0.3, 0.4) is 0 Å². The van der Waals surface area contributed by atoms with E-state index < -0.39 is 6.03 Å². The average molecular weight is 519 g/mol. The van der Waals surface area contributed by atoms with Crippen molar-refractivity contribution in [3.05, 3.63) is 86.0 Å². The van der Waals surface area contributed by atoms with Gasteiger partial charge in [-0.25, -0.2) is 4.79 Å². The molecule has 0 bridgehead atoms. The van der Waals surface area contributed by atoms with Crippen molar-refractivity contribution in [3.63, 3.8) is 0 Å². The maximum atomic E-state index is 13.5. The topological polar surface area (TPSA) is 52.7 Å². The van der Waals surface area contributed by atoms with Crippen molar-refractivity contribution in [1.82, 2.24) is 9.80 Å². The van der Waals surface area contributed by atoms with Crippen molar-refractivity contribution in [2.24, 2.45) is 0 Å². The van der Waals surface area contributed by atoms with Crippen LogP contribution in [0.5, 0.6) is 0 Å². The molecule has 1 atom stereocenters. The van der Waals surface area contributed by atoms with Crippen molar-refractivity contribution < 1.29 is 9.59 Å². The lowest BCUT2D eigenvalue weighted by molar-refractivity contribution is -0.133. The summed E-state index contributed by atoms with van der Waals surface area (Å²) in [5, 5.41) is 3.48. The van der Waals surface area contributed by atoms with E-state index in [1.807, 2.05) is 57.2 Å². The lowest BCUT2D eigenvalue weighted by Gasteiger charge is -2.31. The molecule has 1 aromatic heterocycles. The molecule has 0 spiro atoms. The van der Waals surface area contributed by atoms with Crippen LogP contribution in [0.25, 0.3) is 0 Å². The van der Waals surface area contributed by atoms with E-state index in [4.69, 9.17) is 23.2 Å². The molecule has 34 heavy (non-hydrogen) atoms. The van der Waals surface area contributed by atoms with Crippen molar-refractivity contribution in [2.75, 3.05) is 11.9 Å². The number of rotatable bonds is 9. The number of benzene rings is 2. The Labute approximate surface area is 215 Å². The number of halogens is 2. The van der Waals surface area contributed by atoms with Gasteiger partial charge in [0, 0.05) is 22.3 Å². The minimum atomic E-state index is -0.413. The average Bonchev–Trinajstić information content (AvgIpc) is 3.24. The van der Waals surface area contributed by atoms with Gasteiger partial charge in [-0.05, 0) is 50.1 Å². The molecular weight excluding hydrogens is 489 g/mol. The molecule has 1 N–H and O–H groups in total. The fraction of sp³-hybridized carbons (Fsp3) is 0.308. The third-order valence-corrected chi connectivity index (χ3v) is 7.21. The monoisotopic (exact) mass is 517 g/mol. The number of amides is 3. The van der Waals surface area contributed by atoms with Gasteiger partial charge < -0.3 is 15.1 Å². The van der Waals surface area contributed by atoms with Gasteiger partial charge in [-0.15, -0.1) is 11.3 Å². The van der Waals surface area contributed by atoms with Gasteiger partial charge in [-0.1, -0.05) is 66.5 Å². The third-order valence-electron chi connectivity index (χ3n) is 5.60. The Morgan fingerprint density at radius 1 is 0.971 bits per heavy atom. The lowest BCUT2D eigenvalue weighted by atomic mass is 10.2. The highest BCUT2D eigenvalue weighted by Gasteiger charge is 2.26. The number of nitrogens with zero attached hydrogens (tertiary/aromatic N) is 2. The summed E-state index contributed by atoms with van der Waals surface area (Å²) in [4.78, 5) is 32.4. The van der Waals surface area contributed by atoms with E-state index in [9.17, 15) is 9.59 Å². The highest BCUT2D eigenvalue weighted by molar-refractivity contribution is 7.11. The largest absolute Gasteiger partial charge is 0.332 e. The van der Waals surface area contributed by atoms with Crippen molar-refractivity contribution in [3.8, 4) is 0 Å². The van der Waals surface area contributed by atoms with Crippen LogP contribution in [0.1, 0.15) is 35.6 Å². The molecule has 0 radical (unpaired) electrons. The number of aryl methyl sites for hydroxylation is 1. The number of para-hydroxylation sites is 1. The molecule has 2 aromatic carbocycles. The number of anilines is 1. The molecule has 5 nitrogen and oxygen atoms in total. The van der Waals surface area contributed by atoms with E-state index >= 15 is 0 Å². The van der Waals surface area contributed by atoms with E-state index in [0.29, 0.717) is 35.2 Å². The number of carbonyl (C=O) groups is 2.